The first-order valence-electron chi connectivity index (χ1n) is 7.70. The second-order valence-corrected chi connectivity index (χ2v) is 8.15. The van der Waals surface area contributed by atoms with Gasteiger partial charge in [0.05, 0.1) is 4.90 Å². The maximum atomic E-state index is 12.4. The maximum absolute atomic E-state index is 12.4. The van der Waals surface area contributed by atoms with Gasteiger partial charge in [-0.2, -0.15) is 0 Å². The number of hydrogen-bond donors (Lipinski definition) is 2. The lowest BCUT2D eigenvalue weighted by atomic mass is 9.97. The maximum Gasteiger partial charge on any atom is 0.240 e. The monoisotopic (exact) mass is 346 g/mol. The number of piperidine rings is 1. The van der Waals surface area contributed by atoms with Gasteiger partial charge in [-0.05, 0) is 55.5 Å². The molecule has 4 nitrogen and oxygen atoms in total. The lowest BCUT2D eigenvalue weighted by Crippen LogP contribution is -2.48. The van der Waals surface area contributed by atoms with Crippen LogP contribution in [0.15, 0.2) is 29.2 Å². The molecule has 0 spiro atoms. The SMILES string of the molecule is CC(C)Cc1ccc(S(=O)(=O)NC2CCNCC2C)cc1.Cl. The van der Waals surface area contributed by atoms with Crippen LogP contribution in [0.4, 0.5) is 0 Å². The lowest BCUT2D eigenvalue weighted by molar-refractivity contribution is 0.328. The standard InChI is InChI=1S/C16H26N2O2S.ClH/c1-12(2)10-14-4-6-15(7-5-14)21(19,20)18-16-8-9-17-11-13(16)3;/h4-7,12-13,16-18H,8-11H2,1-3H3;1H. The molecule has 1 aromatic carbocycles. The molecule has 0 amide bonds. The second-order valence-electron chi connectivity index (χ2n) is 6.44. The molecule has 0 aromatic heterocycles. The van der Waals surface area contributed by atoms with Gasteiger partial charge in [0.1, 0.15) is 0 Å². The Bertz CT molecular complexity index is 558. The van der Waals surface area contributed by atoms with Crippen molar-refractivity contribution in [2.45, 2.75) is 44.6 Å². The van der Waals surface area contributed by atoms with Gasteiger partial charge in [0.15, 0.2) is 0 Å². The fourth-order valence-corrected chi connectivity index (χ4v) is 4.11. The van der Waals surface area contributed by atoms with Crippen LogP contribution >= 0.6 is 12.4 Å². The van der Waals surface area contributed by atoms with E-state index < -0.39 is 10.0 Å². The molecule has 22 heavy (non-hydrogen) atoms. The summed E-state index contributed by atoms with van der Waals surface area (Å²) in [6.07, 6.45) is 1.81. The van der Waals surface area contributed by atoms with E-state index >= 15 is 0 Å². The van der Waals surface area contributed by atoms with Crippen LogP contribution in [-0.4, -0.2) is 27.5 Å². The molecule has 1 aliphatic rings. The first-order chi connectivity index (χ1) is 9.88. The minimum absolute atomic E-state index is 0. The van der Waals surface area contributed by atoms with E-state index in [-0.39, 0.29) is 18.4 Å². The van der Waals surface area contributed by atoms with Crippen molar-refractivity contribution in [3.63, 3.8) is 0 Å². The van der Waals surface area contributed by atoms with Gasteiger partial charge in [0.25, 0.3) is 0 Å². The van der Waals surface area contributed by atoms with E-state index in [4.69, 9.17) is 0 Å². The summed E-state index contributed by atoms with van der Waals surface area (Å²) in [5.41, 5.74) is 1.18. The van der Waals surface area contributed by atoms with E-state index in [0.29, 0.717) is 16.7 Å². The van der Waals surface area contributed by atoms with Crippen LogP contribution in [0.5, 0.6) is 0 Å². The molecule has 0 saturated carbocycles. The van der Waals surface area contributed by atoms with E-state index in [1.807, 2.05) is 12.1 Å². The third-order valence-corrected chi connectivity index (χ3v) is 5.48. The van der Waals surface area contributed by atoms with Crippen LogP contribution in [0.3, 0.4) is 0 Å². The molecule has 0 bridgehead atoms. The van der Waals surface area contributed by atoms with Crippen LogP contribution in [0.1, 0.15) is 32.8 Å². The Morgan fingerprint density at radius 1 is 1.27 bits per heavy atom. The summed E-state index contributed by atoms with van der Waals surface area (Å²) < 4.78 is 27.7. The molecule has 6 heteroatoms. The van der Waals surface area contributed by atoms with Gasteiger partial charge in [0, 0.05) is 6.04 Å². The highest BCUT2D eigenvalue weighted by molar-refractivity contribution is 7.89. The van der Waals surface area contributed by atoms with Gasteiger partial charge in [-0.1, -0.05) is 32.9 Å². The van der Waals surface area contributed by atoms with Crippen molar-refractivity contribution in [2.24, 2.45) is 11.8 Å². The predicted octanol–water partition coefficient (Wildman–Crippen LogP) is 2.58. The molecule has 2 unspecified atom stereocenters. The molecule has 2 rings (SSSR count). The van der Waals surface area contributed by atoms with Crippen molar-refractivity contribution in [1.82, 2.24) is 10.0 Å². The fraction of sp³-hybridized carbons (Fsp3) is 0.625. The van der Waals surface area contributed by atoms with Crippen molar-refractivity contribution in [2.75, 3.05) is 13.1 Å². The molecule has 2 atom stereocenters. The molecule has 2 N–H and O–H groups in total. The average Bonchev–Trinajstić information content (AvgIpc) is 2.41. The van der Waals surface area contributed by atoms with Crippen LogP contribution in [0.25, 0.3) is 0 Å². The van der Waals surface area contributed by atoms with Gasteiger partial charge in [-0.3, -0.25) is 0 Å². The Hall–Kier alpha value is -0.620. The molecular weight excluding hydrogens is 320 g/mol. The van der Waals surface area contributed by atoms with E-state index in [1.165, 1.54) is 5.56 Å². The van der Waals surface area contributed by atoms with Crippen molar-refractivity contribution < 1.29 is 8.42 Å². The summed E-state index contributed by atoms with van der Waals surface area (Å²) in [6.45, 7) is 8.12. The largest absolute Gasteiger partial charge is 0.316 e. The molecule has 1 fully saturated rings. The van der Waals surface area contributed by atoms with Crippen LogP contribution in [0.2, 0.25) is 0 Å². The van der Waals surface area contributed by atoms with Crippen LogP contribution in [0, 0.1) is 11.8 Å². The predicted molar refractivity (Wildman–Crippen MR) is 93.0 cm³/mol. The molecule has 1 saturated heterocycles. The number of benzene rings is 1. The third kappa shape index (κ3) is 5.23. The van der Waals surface area contributed by atoms with Crippen molar-refractivity contribution in [1.29, 1.82) is 0 Å². The Kier molecular flexibility index (Phi) is 7.32. The minimum Gasteiger partial charge on any atom is -0.316 e. The van der Waals surface area contributed by atoms with E-state index in [1.54, 1.807) is 12.1 Å². The topological polar surface area (TPSA) is 58.2 Å². The summed E-state index contributed by atoms with van der Waals surface area (Å²) in [5.74, 6) is 0.884. The van der Waals surface area contributed by atoms with Gasteiger partial charge < -0.3 is 5.32 Å². The van der Waals surface area contributed by atoms with Crippen LogP contribution < -0.4 is 10.0 Å². The molecule has 1 aliphatic heterocycles. The molecule has 1 heterocycles. The van der Waals surface area contributed by atoms with E-state index in [2.05, 4.69) is 30.8 Å². The number of hydrogen-bond acceptors (Lipinski definition) is 3. The zero-order chi connectivity index (χ0) is 15.5. The number of halogens is 1. The number of sulfonamides is 1. The number of nitrogens with one attached hydrogen (secondary N) is 2. The van der Waals surface area contributed by atoms with Crippen molar-refractivity contribution in [3.05, 3.63) is 29.8 Å². The molecular formula is C16H27ClN2O2S. The molecule has 0 aliphatic carbocycles. The molecule has 1 aromatic rings. The summed E-state index contributed by atoms with van der Waals surface area (Å²) >= 11 is 0. The van der Waals surface area contributed by atoms with Gasteiger partial charge in [-0.25, -0.2) is 13.1 Å². The van der Waals surface area contributed by atoms with E-state index in [9.17, 15) is 8.42 Å². The minimum atomic E-state index is -3.42. The quantitative estimate of drug-likeness (QED) is 0.861. The first-order valence-corrected chi connectivity index (χ1v) is 9.19. The Labute approximate surface area is 140 Å². The third-order valence-electron chi connectivity index (χ3n) is 3.97. The molecule has 126 valence electrons. The van der Waals surface area contributed by atoms with E-state index in [0.717, 1.165) is 25.9 Å². The Balaban J connectivity index is 0.00000242. The summed E-state index contributed by atoms with van der Waals surface area (Å²) in [6, 6.07) is 7.28. The normalized spacial score (nSPS) is 22.4. The average molecular weight is 347 g/mol. The summed E-state index contributed by atoms with van der Waals surface area (Å²) in [4.78, 5) is 0.362. The van der Waals surface area contributed by atoms with Crippen LogP contribution in [-0.2, 0) is 16.4 Å². The summed E-state index contributed by atoms with van der Waals surface area (Å²) in [7, 11) is -3.42. The zero-order valence-electron chi connectivity index (χ0n) is 13.5. The van der Waals surface area contributed by atoms with Gasteiger partial charge in [0.2, 0.25) is 10.0 Å². The smallest absolute Gasteiger partial charge is 0.240 e. The number of rotatable bonds is 5. The Morgan fingerprint density at radius 3 is 2.45 bits per heavy atom. The van der Waals surface area contributed by atoms with Crippen molar-refractivity contribution in [3.8, 4) is 0 Å². The lowest BCUT2D eigenvalue weighted by Gasteiger charge is -2.29. The highest BCUT2D eigenvalue weighted by atomic mass is 35.5. The zero-order valence-corrected chi connectivity index (χ0v) is 15.1. The van der Waals surface area contributed by atoms with Gasteiger partial charge in [-0.15, -0.1) is 12.4 Å². The summed E-state index contributed by atoms with van der Waals surface area (Å²) in [5, 5.41) is 3.28. The second kappa shape index (κ2) is 8.29. The van der Waals surface area contributed by atoms with Gasteiger partial charge >= 0.3 is 0 Å². The first kappa shape index (κ1) is 19.4. The molecule has 0 radical (unpaired) electrons. The highest BCUT2D eigenvalue weighted by Crippen LogP contribution is 2.17. The Morgan fingerprint density at radius 2 is 1.91 bits per heavy atom. The fourth-order valence-electron chi connectivity index (χ4n) is 2.73. The highest BCUT2D eigenvalue weighted by Gasteiger charge is 2.26. The van der Waals surface area contributed by atoms with Crippen molar-refractivity contribution >= 4 is 22.4 Å².